The lowest BCUT2D eigenvalue weighted by atomic mass is 10.1. The predicted octanol–water partition coefficient (Wildman–Crippen LogP) is 3.94. The van der Waals surface area contributed by atoms with Crippen molar-refractivity contribution in [1.29, 1.82) is 0 Å². The van der Waals surface area contributed by atoms with E-state index in [2.05, 4.69) is 15.3 Å². The van der Waals surface area contributed by atoms with Gasteiger partial charge in [-0.3, -0.25) is 0 Å². The third-order valence-electron chi connectivity index (χ3n) is 3.15. The highest BCUT2D eigenvalue weighted by atomic mass is 32.1. The third kappa shape index (κ3) is 3.01. The van der Waals surface area contributed by atoms with E-state index in [1.807, 2.05) is 31.2 Å². The fraction of sp³-hybridized carbons (Fsp3) is 0.0625. The van der Waals surface area contributed by atoms with E-state index in [-0.39, 0.29) is 5.82 Å². The van der Waals surface area contributed by atoms with Crippen molar-refractivity contribution in [2.24, 2.45) is 5.10 Å². The van der Waals surface area contributed by atoms with E-state index in [1.165, 1.54) is 17.7 Å². The molecule has 22 heavy (non-hydrogen) atoms. The first-order valence-corrected chi connectivity index (χ1v) is 7.09. The highest BCUT2D eigenvalue weighted by Gasteiger charge is 2.07. The Hall–Kier alpha value is -2.60. The molecule has 1 heterocycles. The number of halogens is 1. The molecular weight excluding hydrogens is 299 g/mol. The molecule has 2 aromatic carbocycles. The summed E-state index contributed by atoms with van der Waals surface area (Å²) in [7, 11) is 0. The number of benzene rings is 2. The van der Waals surface area contributed by atoms with E-state index in [9.17, 15) is 4.39 Å². The summed E-state index contributed by atoms with van der Waals surface area (Å²) in [6.07, 6.45) is 1.61. The highest BCUT2D eigenvalue weighted by Crippen LogP contribution is 2.17. The fourth-order valence-corrected chi connectivity index (χ4v) is 2.14. The van der Waals surface area contributed by atoms with Crippen molar-refractivity contribution in [2.75, 3.05) is 0 Å². The maximum Gasteiger partial charge on any atom is 0.216 e. The largest absolute Gasteiger partial charge is 0.250 e. The van der Waals surface area contributed by atoms with Crippen LogP contribution >= 0.6 is 12.2 Å². The molecule has 3 aromatic rings. The summed E-state index contributed by atoms with van der Waals surface area (Å²) in [5.74, 6) is 0.348. The molecule has 0 aliphatic rings. The first-order chi connectivity index (χ1) is 10.6. The van der Waals surface area contributed by atoms with Crippen molar-refractivity contribution in [3.05, 3.63) is 70.2 Å². The van der Waals surface area contributed by atoms with Gasteiger partial charge in [0.15, 0.2) is 5.82 Å². The number of aromatic nitrogens is 3. The Kier molecular flexibility index (Phi) is 3.93. The van der Waals surface area contributed by atoms with Crippen molar-refractivity contribution >= 4 is 18.4 Å². The molecule has 0 bridgehead atoms. The molecule has 0 saturated heterocycles. The molecule has 0 aliphatic carbocycles. The standard InChI is InChI=1S/C16H13FN4S/c1-11-2-6-13(7-3-11)15-19-20-16(22)21(15)18-10-12-4-8-14(17)9-5-12/h2-10H,1H3,(H,20,22)/b18-10+. The van der Waals surface area contributed by atoms with E-state index >= 15 is 0 Å². The van der Waals surface area contributed by atoms with Crippen LogP contribution in [0, 0.1) is 17.5 Å². The molecule has 0 unspecified atom stereocenters. The van der Waals surface area contributed by atoms with Crippen LogP contribution in [0.25, 0.3) is 11.4 Å². The second kappa shape index (κ2) is 6.03. The number of rotatable bonds is 3. The van der Waals surface area contributed by atoms with Crippen LogP contribution in [0.1, 0.15) is 11.1 Å². The molecule has 1 N–H and O–H groups in total. The van der Waals surface area contributed by atoms with Gasteiger partial charge in [0.05, 0.1) is 6.21 Å². The molecule has 0 amide bonds. The van der Waals surface area contributed by atoms with Gasteiger partial charge >= 0.3 is 0 Å². The number of H-pyrrole nitrogens is 1. The molecule has 6 heteroatoms. The molecule has 4 nitrogen and oxygen atoms in total. The lowest BCUT2D eigenvalue weighted by Crippen LogP contribution is -1.95. The first kappa shape index (κ1) is 14.3. The average molecular weight is 312 g/mol. The van der Waals surface area contributed by atoms with Gasteiger partial charge in [0.25, 0.3) is 0 Å². The van der Waals surface area contributed by atoms with Crippen LogP contribution in [0.4, 0.5) is 4.39 Å². The Morgan fingerprint density at radius 1 is 1.14 bits per heavy atom. The molecule has 0 saturated carbocycles. The monoisotopic (exact) mass is 312 g/mol. The topological polar surface area (TPSA) is 46.0 Å². The van der Waals surface area contributed by atoms with Crippen LogP contribution in [0.15, 0.2) is 53.6 Å². The summed E-state index contributed by atoms with van der Waals surface area (Å²) in [5, 5.41) is 11.3. The third-order valence-corrected chi connectivity index (χ3v) is 3.42. The first-order valence-electron chi connectivity index (χ1n) is 6.68. The van der Waals surface area contributed by atoms with Crippen LogP contribution < -0.4 is 0 Å². The minimum absolute atomic E-state index is 0.280. The Balaban J connectivity index is 1.97. The minimum Gasteiger partial charge on any atom is -0.250 e. The second-order valence-electron chi connectivity index (χ2n) is 4.83. The number of nitrogens with zero attached hydrogens (tertiary/aromatic N) is 3. The molecule has 0 radical (unpaired) electrons. The van der Waals surface area contributed by atoms with Crippen LogP contribution in [-0.4, -0.2) is 21.1 Å². The van der Waals surface area contributed by atoms with E-state index in [0.29, 0.717) is 10.6 Å². The zero-order valence-electron chi connectivity index (χ0n) is 11.8. The number of aromatic amines is 1. The molecule has 0 fully saturated rings. The molecule has 1 aromatic heterocycles. The maximum atomic E-state index is 12.9. The van der Waals surface area contributed by atoms with Gasteiger partial charge in [0, 0.05) is 5.56 Å². The average Bonchev–Trinajstić information content (AvgIpc) is 2.89. The van der Waals surface area contributed by atoms with Crippen LogP contribution in [-0.2, 0) is 0 Å². The van der Waals surface area contributed by atoms with Crippen molar-refractivity contribution in [1.82, 2.24) is 14.9 Å². The van der Waals surface area contributed by atoms with Crippen LogP contribution in [0.5, 0.6) is 0 Å². The molecule has 0 aliphatic heterocycles. The van der Waals surface area contributed by atoms with Crippen molar-refractivity contribution in [2.45, 2.75) is 6.92 Å². The number of nitrogens with one attached hydrogen (secondary N) is 1. The summed E-state index contributed by atoms with van der Waals surface area (Å²) in [5.41, 5.74) is 2.85. The quantitative estimate of drug-likeness (QED) is 0.588. The summed E-state index contributed by atoms with van der Waals surface area (Å²) in [6, 6.07) is 14.0. The van der Waals surface area contributed by atoms with Gasteiger partial charge in [-0.25, -0.2) is 9.49 Å². The summed E-state index contributed by atoms with van der Waals surface area (Å²) in [4.78, 5) is 0. The smallest absolute Gasteiger partial charge is 0.216 e. The predicted molar refractivity (Wildman–Crippen MR) is 87.0 cm³/mol. The number of hydrogen-bond donors (Lipinski definition) is 1. The van der Waals surface area contributed by atoms with Crippen molar-refractivity contribution in [3.8, 4) is 11.4 Å². The molecule has 110 valence electrons. The number of aryl methyl sites for hydroxylation is 1. The molecule has 0 atom stereocenters. The van der Waals surface area contributed by atoms with E-state index in [0.717, 1.165) is 11.1 Å². The molecular formula is C16H13FN4S. The van der Waals surface area contributed by atoms with Crippen molar-refractivity contribution < 1.29 is 4.39 Å². The van der Waals surface area contributed by atoms with Gasteiger partial charge in [-0.1, -0.05) is 42.0 Å². The zero-order valence-corrected chi connectivity index (χ0v) is 12.6. The maximum absolute atomic E-state index is 12.9. The van der Waals surface area contributed by atoms with Crippen LogP contribution in [0.3, 0.4) is 0 Å². The van der Waals surface area contributed by atoms with Gasteiger partial charge in [-0.2, -0.15) is 14.9 Å². The minimum atomic E-state index is -0.280. The highest BCUT2D eigenvalue weighted by molar-refractivity contribution is 7.71. The lowest BCUT2D eigenvalue weighted by molar-refractivity contribution is 0.628. The Bertz CT molecular complexity index is 860. The van der Waals surface area contributed by atoms with E-state index in [4.69, 9.17) is 12.2 Å². The number of hydrogen-bond acceptors (Lipinski definition) is 3. The van der Waals surface area contributed by atoms with Gasteiger partial charge in [-0.05, 0) is 36.8 Å². The van der Waals surface area contributed by atoms with E-state index in [1.54, 1.807) is 23.0 Å². The summed E-state index contributed by atoms with van der Waals surface area (Å²) < 4.78 is 14.8. The fourth-order valence-electron chi connectivity index (χ4n) is 1.96. The Morgan fingerprint density at radius 2 is 1.82 bits per heavy atom. The Labute approximate surface area is 131 Å². The molecule has 0 spiro atoms. The van der Waals surface area contributed by atoms with Gasteiger partial charge in [-0.15, -0.1) is 0 Å². The SMILES string of the molecule is Cc1ccc(-c2n[nH]c(=S)n2/N=C/c2ccc(F)cc2)cc1. The summed E-state index contributed by atoms with van der Waals surface area (Å²) >= 11 is 5.21. The normalized spacial score (nSPS) is 11.2. The Morgan fingerprint density at radius 3 is 2.50 bits per heavy atom. The lowest BCUT2D eigenvalue weighted by Gasteiger charge is -2.01. The molecule has 3 rings (SSSR count). The van der Waals surface area contributed by atoms with Crippen molar-refractivity contribution in [3.63, 3.8) is 0 Å². The second-order valence-corrected chi connectivity index (χ2v) is 5.21. The zero-order chi connectivity index (χ0) is 15.5. The van der Waals surface area contributed by atoms with Crippen LogP contribution in [0.2, 0.25) is 0 Å². The van der Waals surface area contributed by atoms with Gasteiger partial charge < -0.3 is 0 Å². The van der Waals surface area contributed by atoms with Gasteiger partial charge in [0.1, 0.15) is 5.82 Å². The van der Waals surface area contributed by atoms with Gasteiger partial charge in [0.2, 0.25) is 4.77 Å². The summed E-state index contributed by atoms with van der Waals surface area (Å²) in [6.45, 7) is 2.02. The van der Waals surface area contributed by atoms with E-state index < -0.39 is 0 Å².